The van der Waals surface area contributed by atoms with Gasteiger partial charge in [-0.2, -0.15) is 0 Å². The maximum absolute atomic E-state index is 12.0. The first-order valence-electron chi connectivity index (χ1n) is 8.78. The lowest BCUT2D eigenvalue weighted by Crippen LogP contribution is -2.46. The Kier molecular flexibility index (Phi) is 2.98. The number of carbonyl (C=O) groups excluding carboxylic acids is 2. The molecule has 126 valence electrons. The second-order valence-corrected chi connectivity index (χ2v) is 7.03. The Bertz CT molecular complexity index is 937. The van der Waals surface area contributed by atoms with Gasteiger partial charge in [-0.3, -0.25) is 14.9 Å². The summed E-state index contributed by atoms with van der Waals surface area (Å²) >= 11 is 0. The first-order chi connectivity index (χ1) is 12.1. The van der Waals surface area contributed by atoms with Crippen LogP contribution in [0.25, 0.3) is 11.3 Å². The van der Waals surface area contributed by atoms with Gasteiger partial charge in [-0.15, -0.1) is 0 Å². The van der Waals surface area contributed by atoms with Crippen molar-refractivity contribution in [1.82, 2.24) is 15.3 Å². The molecule has 1 fully saturated rings. The van der Waals surface area contributed by atoms with Crippen molar-refractivity contribution >= 4 is 17.8 Å². The van der Waals surface area contributed by atoms with E-state index in [2.05, 4.69) is 17.1 Å². The van der Waals surface area contributed by atoms with Gasteiger partial charge in [-0.1, -0.05) is 6.07 Å². The minimum absolute atomic E-state index is 0.324. The number of nitrogens with one attached hydrogen (secondary N) is 1. The molecule has 6 nitrogen and oxygen atoms in total. The molecule has 3 aliphatic rings. The minimum Gasteiger partial charge on any atom is -0.338 e. The van der Waals surface area contributed by atoms with Gasteiger partial charge in [0.25, 0.3) is 11.8 Å². The molecule has 25 heavy (non-hydrogen) atoms. The molecule has 0 saturated carbocycles. The third kappa shape index (κ3) is 2.10. The number of hydrogen-bond donors (Lipinski definition) is 1. The molecule has 2 amide bonds. The summed E-state index contributed by atoms with van der Waals surface area (Å²) in [6, 6.07) is 5.87. The van der Waals surface area contributed by atoms with Crippen LogP contribution in [-0.4, -0.2) is 34.4 Å². The molecule has 3 heterocycles. The van der Waals surface area contributed by atoms with Crippen molar-refractivity contribution in [2.45, 2.75) is 38.6 Å². The zero-order valence-electron chi connectivity index (χ0n) is 14.0. The molecule has 1 atom stereocenters. The van der Waals surface area contributed by atoms with Crippen LogP contribution in [0.1, 0.15) is 51.7 Å². The zero-order chi connectivity index (χ0) is 17.1. The molecule has 0 bridgehead atoms. The van der Waals surface area contributed by atoms with E-state index in [1.807, 2.05) is 6.07 Å². The highest BCUT2D eigenvalue weighted by molar-refractivity contribution is 6.21. The fraction of sp³-hybridized carbons (Fsp3) is 0.368. The van der Waals surface area contributed by atoms with Crippen molar-refractivity contribution < 1.29 is 9.59 Å². The van der Waals surface area contributed by atoms with Crippen LogP contribution in [0, 0.1) is 0 Å². The van der Waals surface area contributed by atoms with E-state index in [-0.39, 0.29) is 11.8 Å². The first-order valence-corrected chi connectivity index (χ1v) is 8.78. The first kappa shape index (κ1) is 14.6. The lowest BCUT2D eigenvalue weighted by atomic mass is 10.00. The summed E-state index contributed by atoms with van der Waals surface area (Å²) in [6.07, 6.45) is 4.18. The van der Waals surface area contributed by atoms with Crippen LogP contribution in [0.3, 0.4) is 0 Å². The van der Waals surface area contributed by atoms with Crippen molar-refractivity contribution in [1.29, 1.82) is 0 Å². The number of anilines is 1. The van der Waals surface area contributed by atoms with Crippen LogP contribution in [0.15, 0.2) is 18.2 Å². The van der Waals surface area contributed by atoms with Crippen molar-refractivity contribution in [2.75, 3.05) is 11.4 Å². The zero-order valence-corrected chi connectivity index (χ0v) is 14.0. The molecule has 2 aliphatic heterocycles. The van der Waals surface area contributed by atoms with Crippen LogP contribution in [0.2, 0.25) is 0 Å². The molecule has 2 aromatic rings. The molecule has 1 saturated heterocycles. The quantitative estimate of drug-likeness (QED) is 0.852. The topological polar surface area (TPSA) is 75.2 Å². The van der Waals surface area contributed by atoms with Gasteiger partial charge in [0.1, 0.15) is 0 Å². The van der Waals surface area contributed by atoms with Crippen molar-refractivity contribution in [3.63, 3.8) is 0 Å². The molecule has 0 spiro atoms. The molecule has 1 aromatic carbocycles. The van der Waals surface area contributed by atoms with Crippen LogP contribution in [0.4, 0.5) is 5.95 Å². The average molecular weight is 334 g/mol. The number of nitrogens with zero attached hydrogens (tertiary/aromatic N) is 3. The Hall–Kier alpha value is -2.76. The number of amides is 2. The number of carbonyl (C=O) groups is 2. The number of hydrogen-bond acceptors (Lipinski definition) is 5. The van der Waals surface area contributed by atoms with Crippen molar-refractivity contribution in [3.05, 3.63) is 40.6 Å². The van der Waals surface area contributed by atoms with Crippen LogP contribution >= 0.6 is 0 Å². The third-order valence-corrected chi connectivity index (χ3v) is 5.51. The summed E-state index contributed by atoms with van der Waals surface area (Å²) in [5, 5.41) is 2.35. The van der Waals surface area contributed by atoms with E-state index in [0.717, 1.165) is 55.1 Å². The largest absolute Gasteiger partial charge is 0.338 e. The Balaban J connectivity index is 1.66. The fourth-order valence-electron chi connectivity index (χ4n) is 3.92. The Morgan fingerprint density at radius 1 is 1.12 bits per heavy atom. The maximum atomic E-state index is 12.0. The highest BCUT2D eigenvalue weighted by Crippen LogP contribution is 2.35. The van der Waals surface area contributed by atoms with Gasteiger partial charge in [0.2, 0.25) is 5.95 Å². The van der Waals surface area contributed by atoms with E-state index >= 15 is 0 Å². The second-order valence-electron chi connectivity index (χ2n) is 7.03. The molecule has 1 aliphatic carbocycles. The number of aromatic nitrogens is 2. The normalized spacial score (nSPS) is 21.0. The Morgan fingerprint density at radius 3 is 2.72 bits per heavy atom. The van der Waals surface area contributed by atoms with E-state index in [1.54, 1.807) is 12.1 Å². The van der Waals surface area contributed by atoms with E-state index in [0.29, 0.717) is 17.2 Å². The highest BCUT2D eigenvalue weighted by atomic mass is 16.2. The van der Waals surface area contributed by atoms with Gasteiger partial charge in [0.05, 0.1) is 16.8 Å². The average Bonchev–Trinajstić information content (AvgIpc) is 3.17. The molecule has 1 N–H and O–H groups in total. The summed E-state index contributed by atoms with van der Waals surface area (Å²) in [4.78, 5) is 35.6. The molecule has 1 aromatic heterocycles. The van der Waals surface area contributed by atoms with Gasteiger partial charge < -0.3 is 4.90 Å². The van der Waals surface area contributed by atoms with E-state index in [4.69, 9.17) is 9.97 Å². The van der Waals surface area contributed by atoms with Crippen molar-refractivity contribution in [3.8, 4) is 11.3 Å². The summed E-state index contributed by atoms with van der Waals surface area (Å²) < 4.78 is 0. The lowest BCUT2D eigenvalue weighted by Gasteiger charge is -2.39. The van der Waals surface area contributed by atoms with Gasteiger partial charge in [-0.05, 0) is 44.7 Å². The van der Waals surface area contributed by atoms with Gasteiger partial charge >= 0.3 is 0 Å². The molecular formula is C19H18N4O2. The monoisotopic (exact) mass is 334 g/mol. The third-order valence-electron chi connectivity index (χ3n) is 5.51. The summed E-state index contributed by atoms with van der Waals surface area (Å²) in [6.45, 7) is 3.17. The van der Waals surface area contributed by atoms with Crippen LogP contribution < -0.4 is 10.2 Å². The van der Waals surface area contributed by atoms with Gasteiger partial charge in [0.15, 0.2) is 0 Å². The summed E-state index contributed by atoms with van der Waals surface area (Å²) in [5.41, 5.74) is 4.98. The highest BCUT2D eigenvalue weighted by Gasteiger charge is 2.31. The standard InChI is InChI=1S/C19H18N4O2/c1-10-7-8-23(10)19-20-15-4-2-3-13(15)16(21-19)11-5-6-12-14(9-11)18(25)22-17(12)24/h5-6,9-10H,2-4,7-8H2,1H3,(H,22,24,25)/t10-/m0/s1. The fourth-order valence-corrected chi connectivity index (χ4v) is 3.92. The number of rotatable bonds is 2. The number of benzene rings is 1. The summed E-state index contributed by atoms with van der Waals surface area (Å²) in [5.74, 6) is 0.133. The predicted molar refractivity (Wildman–Crippen MR) is 92.7 cm³/mol. The van der Waals surface area contributed by atoms with Gasteiger partial charge in [0, 0.05) is 29.4 Å². The number of fused-ring (bicyclic) bond motifs is 2. The van der Waals surface area contributed by atoms with Crippen LogP contribution in [-0.2, 0) is 12.8 Å². The minimum atomic E-state index is -0.329. The molecular weight excluding hydrogens is 316 g/mol. The Labute approximate surface area is 145 Å². The maximum Gasteiger partial charge on any atom is 0.258 e. The molecule has 0 radical (unpaired) electrons. The Morgan fingerprint density at radius 2 is 1.96 bits per heavy atom. The SMILES string of the molecule is C[C@H]1CCN1c1nc2c(c(-c3ccc4c(c3)C(=O)NC4=O)n1)CCC2. The van der Waals surface area contributed by atoms with Crippen LogP contribution in [0.5, 0.6) is 0 Å². The number of aryl methyl sites for hydroxylation is 1. The molecule has 6 heteroatoms. The van der Waals surface area contributed by atoms with Gasteiger partial charge in [-0.25, -0.2) is 9.97 Å². The second kappa shape index (κ2) is 5.12. The van der Waals surface area contributed by atoms with E-state index in [1.165, 1.54) is 5.56 Å². The number of imide groups is 1. The van der Waals surface area contributed by atoms with E-state index < -0.39 is 0 Å². The lowest BCUT2D eigenvalue weighted by molar-refractivity contribution is 0.0879. The molecule has 5 rings (SSSR count). The summed E-state index contributed by atoms with van der Waals surface area (Å²) in [7, 11) is 0. The smallest absolute Gasteiger partial charge is 0.258 e. The van der Waals surface area contributed by atoms with E-state index in [9.17, 15) is 9.59 Å². The van der Waals surface area contributed by atoms with Crippen molar-refractivity contribution in [2.24, 2.45) is 0 Å². The predicted octanol–water partition coefficient (Wildman–Crippen LogP) is 2.11. The molecule has 0 unspecified atom stereocenters.